The molecule has 0 spiro atoms. The molecule has 1 aromatic heterocycles. The Kier molecular flexibility index (Phi) is 4.57. The van der Waals surface area contributed by atoms with Gasteiger partial charge < -0.3 is 20.7 Å². The number of thiophene rings is 1. The molecule has 140 valence electrons. The van der Waals surface area contributed by atoms with Crippen LogP contribution in [0.5, 0.6) is 0 Å². The van der Waals surface area contributed by atoms with E-state index in [1.54, 1.807) is 18.2 Å². The molecule has 2 aliphatic rings. The summed E-state index contributed by atoms with van der Waals surface area (Å²) in [7, 11) is 1.33. The van der Waals surface area contributed by atoms with Gasteiger partial charge in [0.2, 0.25) is 0 Å². The summed E-state index contributed by atoms with van der Waals surface area (Å²) in [6.07, 6.45) is 3.74. The monoisotopic (exact) mass is 385 g/mol. The van der Waals surface area contributed by atoms with Gasteiger partial charge in [-0.15, -0.1) is 11.3 Å². The smallest absolute Gasteiger partial charge is 0.341 e. The maximum Gasteiger partial charge on any atom is 0.341 e. The first-order chi connectivity index (χ1) is 13.1. The van der Waals surface area contributed by atoms with Gasteiger partial charge in [-0.25, -0.2) is 4.79 Å². The van der Waals surface area contributed by atoms with Crippen LogP contribution in [0.25, 0.3) is 0 Å². The van der Waals surface area contributed by atoms with Crippen LogP contribution < -0.4 is 16.0 Å². The number of aryl methyl sites for hydroxylation is 1. The number of hydrogen-bond acceptors (Lipinski definition) is 6. The van der Waals surface area contributed by atoms with Crippen molar-refractivity contribution >= 4 is 45.5 Å². The predicted molar refractivity (Wildman–Crippen MR) is 103 cm³/mol. The molecule has 2 amide bonds. The summed E-state index contributed by atoms with van der Waals surface area (Å²) in [5, 5.41) is 8.90. The summed E-state index contributed by atoms with van der Waals surface area (Å²) >= 11 is 1.39. The maximum atomic E-state index is 12.8. The van der Waals surface area contributed by atoms with Crippen molar-refractivity contribution in [1.29, 1.82) is 0 Å². The van der Waals surface area contributed by atoms with E-state index < -0.39 is 23.8 Å². The van der Waals surface area contributed by atoms with Gasteiger partial charge in [-0.3, -0.25) is 9.59 Å². The topological polar surface area (TPSA) is 96.5 Å². The van der Waals surface area contributed by atoms with Crippen LogP contribution in [0.4, 0.5) is 16.4 Å². The van der Waals surface area contributed by atoms with Crippen LogP contribution >= 0.6 is 11.3 Å². The standard InChI is InChI=1S/C19H19N3O4S/c1-26-19(25)14-10-6-2-5-9-13(10)27-18(14)22-17(24)15-16(23)21-12-8-4-3-7-11(12)20-15/h3-4,7-8,15,20H,2,5-6,9H2,1H3,(H,21,23)(H,22,24)/t15-/m1/s1. The largest absolute Gasteiger partial charge is 0.465 e. The second kappa shape index (κ2) is 7.03. The first-order valence-corrected chi connectivity index (χ1v) is 9.60. The lowest BCUT2D eigenvalue weighted by atomic mass is 9.95. The number of esters is 1. The quantitative estimate of drug-likeness (QED) is 0.558. The first-order valence-electron chi connectivity index (χ1n) is 8.78. The fourth-order valence-electron chi connectivity index (χ4n) is 3.48. The van der Waals surface area contributed by atoms with E-state index in [0.717, 1.165) is 36.1 Å². The second-order valence-corrected chi connectivity index (χ2v) is 7.61. The van der Waals surface area contributed by atoms with Gasteiger partial charge in [-0.2, -0.15) is 0 Å². The Morgan fingerprint density at radius 2 is 1.93 bits per heavy atom. The summed E-state index contributed by atoms with van der Waals surface area (Å²) in [5.41, 5.74) is 2.69. The molecule has 1 atom stereocenters. The molecular formula is C19H19N3O4S. The van der Waals surface area contributed by atoms with Crippen molar-refractivity contribution in [3.8, 4) is 0 Å². The van der Waals surface area contributed by atoms with Crippen LogP contribution in [0.1, 0.15) is 33.6 Å². The summed E-state index contributed by atoms with van der Waals surface area (Å²) < 4.78 is 4.92. The Morgan fingerprint density at radius 3 is 2.70 bits per heavy atom. The molecule has 0 fully saturated rings. The number of ether oxygens (including phenoxy) is 1. The van der Waals surface area contributed by atoms with Gasteiger partial charge in [0, 0.05) is 4.88 Å². The molecule has 0 saturated carbocycles. The molecule has 2 heterocycles. The predicted octanol–water partition coefficient (Wildman–Crippen LogP) is 2.78. The van der Waals surface area contributed by atoms with E-state index in [9.17, 15) is 14.4 Å². The molecule has 8 heteroatoms. The summed E-state index contributed by atoms with van der Waals surface area (Å²) in [5.74, 6) is -1.41. The average Bonchev–Trinajstić information content (AvgIpc) is 3.04. The van der Waals surface area contributed by atoms with E-state index in [1.165, 1.54) is 18.4 Å². The van der Waals surface area contributed by atoms with Crippen molar-refractivity contribution in [3.05, 3.63) is 40.3 Å². The molecule has 1 aliphatic carbocycles. The van der Waals surface area contributed by atoms with Crippen molar-refractivity contribution < 1.29 is 19.1 Å². The lowest BCUT2D eigenvalue weighted by molar-refractivity contribution is -0.125. The molecule has 2 aromatic rings. The van der Waals surface area contributed by atoms with Gasteiger partial charge in [0.1, 0.15) is 5.00 Å². The fraction of sp³-hybridized carbons (Fsp3) is 0.316. The highest BCUT2D eigenvalue weighted by Crippen LogP contribution is 2.38. The number of para-hydroxylation sites is 2. The molecule has 7 nitrogen and oxygen atoms in total. The first kappa shape index (κ1) is 17.5. The molecule has 1 aliphatic heterocycles. The van der Waals surface area contributed by atoms with Crippen molar-refractivity contribution in [2.24, 2.45) is 0 Å². The highest BCUT2D eigenvalue weighted by atomic mass is 32.1. The number of amides is 2. The van der Waals surface area contributed by atoms with Crippen LogP contribution in [0.2, 0.25) is 0 Å². The zero-order chi connectivity index (χ0) is 19.0. The van der Waals surface area contributed by atoms with Gasteiger partial charge >= 0.3 is 5.97 Å². The molecule has 4 rings (SSSR count). The number of carbonyl (C=O) groups is 3. The average molecular weight is 385 g/mol. The number of fused-ring (bicyclic) bond motifs is 2. The highest BCUT2D eigenvalue weighted by Gasteiger charge is 2.34. The Balaban J connectivity index is 1.61. The number of anilines is 3. The minimum atomic E-state index is -1.08. The van der Waals surface area contributed by atoms with Crippen molar-refractivity contribution in [2.75, 3.05) is 23.1 Å². The molecule has 1 aromatic carbocycles. The van der Waals surface area contributed by atoms with E-state index in [-0.39, 0.29) is 0 Å². The van der Waals surface area contributed by atoms with Crippen LogP contribution in [-0.2, 0) is 27.2 Å². The van der Waals surface area contributed by atoms with Crippen molar-refractivity contribution in [2.45, 2.75) is 31.7 Å². The van der Waals surface area contributed by atoms with Gasteiger partial charge in [0.15, 0.2) is 6.04 Å². The van der Waals surface area contributed by atoms with Crippen molar-refractivity contribution in [1.82, 2.24) is 0 Å². The minimum Gasteiger partial charge on any atom is -0.465 e. The van der Waals surface area contributed by atoms with Crippen LogP contribution in [0.3, 0.4) is 0 Å². The third-order valence-corrected chi connectivity index (χ3v) is 6.01. The van der Waals surface area contributed by atoms with Crippen LogP contribution in [0.15, 0.2) is 24.3 Å². The lowest BCUT2D eigenvalue weighted by Gasteiger charge is -2.25. The number of rotatable bonds is 3. The summed E-state index contributed by atoms with van der Waals surface area (Å²) in [6, 6.07) is 6.10. The third-order valence-electron chi connectivity index (χ3n) is 4.81. The fourth-order valence-corrected chi connectivity index (χ4v) is 4.76. The molecule has 0 saturated heterocycles. The Hall–Kier alpha value is -2.87. The van der Waals surface area contributed by atoms with E-state index in [1.807, 2.05) is 6.07 Å². The van der Waals surface area contributed by atoms with Crippen LogP contribution in [-0.4, -0.2) is 30.9 Å². The van der Waals surface area contributed by atoms with Crippen LogP contribution in [0, 0.1) is 0 Å². The Bertz CT molecular complexity index is 937. The summed E-state index contributed by atoms with van der Waals surface area (Å²) in [4.78, 5) is 38.5. The molecule has 0 bridgehead atoms. The van der Waals surface area contributed by atoms with E-state index in [2.05, 4.69) is 16.0 Å². The Morgan fingerprint density at radius 1 is 1.19 bits per heavy atom. The lowest BCUT2D eigenvalue weighted by Crippen LogP contribution is -2.47. The van der Waals surface area contributed by atoms with E-state index >= 15 is 0 Å². The van der Waals surface area contributed by atoms with Gasteiger partial charge in [0.05, 0.1) is 24.0 Å². The molecule has 27 heavy (non-hydrogen) atoms. The van der Waals surface area contributed by atoms with Gasteiger partial charge in [0.25, 0.3) is 11.8 Å². The number of nitrogens with one attached hydrogen (secondary N) is 3. The SMILES string of the molecule is COC(=O)c1c(NC(=O)[C@@H]2Nc3ccccc3NC2=O)sc2c1CCCC2. The zero-order valence-electron chi connectivity index (χ0n) is 14.8. The number of benzene rings is 1. The Labute approximate surface area is 160 Å². The van der Waals surface area contributed by atoms with E-state index in [4.69, 9.17) is 4.74 Å². The molecule has 0 radical (unpaired) electrons. The highest BCUT2D eigenvalue weighted by molar-refractivity contribution is 7.17. The van der Waals surface area contributed by atoms with Crippen molar-refractivity contribution in [3.63, 3.8) is 0 Å². The number of carbonyl (C=O) groups excluding carboxylic acids is 3. The summed E-state index contributed by atoms with van der Waals surface area (Å²) in [6.45, 7) is 0. The molecule has 3 N–H and O–H groups in total. The number of methoxy groups -OCH3 is 1. The third kappa shape index (κ3) is 3.16. The normalized spacial score (nSPS) is 17.8. The maximum absolute atomic E-state index is 12.8. The zero-order valence-corrected chi connectivity index (χ0v) is 15.6. The van der Waals surface area contributed by atoms with Gasteiger partial charge in [-0.1, -0.05) is 12.1 Å². The molecular weight excluding hydrogens is 366 g/mol. The number of hydrogen-bond donors (Lipinski definition) is 3. The minimum absolute atomic E-state index is 0.419. The molecule has 0 unspecified atom stereocenters. The van der Waals surface area contributed by atoms with E-state index in [0.29, 0.717) is 21.9 Å². The van der Waals surface area contributed by atoms with Gasteiger partial charge in [-0.05, 0) is 43.4 Å². The second-order valence-electron chi connectivity index (χ2n) is 6.51.